The molecule has 2 heterocycles. The third-order valence-electron chi connectivity index (χ3n) is 2.77. The van der Waals surface area contributed by atoms with E-state index >= 15 is 0 Å². The Balaban J connectivity index is 2.15. The van der Waals surface area contributed by atoms with Gasteiger partial charge in [0, 0.05) is 25.2 Å². The molecule has 1 aliphatic rings. The molecule has 0 saturated carbocycles. The van der Waals surface area contributed by atoms with E-state index in [0.717, 1.165) is 5.69 Å². The van der Waals surface area contributed by atoms with Gasteiger partial charge in [-0.1, -0.05) is 6.07 Å². The van der Waals surface area contributed by atoms with Crippen LogP contribution in [0.15, 0.2) is 24.4 Å². The third kappa shape index (κ3) is 1.99. The highest BCUT2D eigenvalue weighted by atomic mass is 16.2. The molecule has 15 heavy (non-hydrogen) atoms. The average Bonchev–Trinajstić information content (AvgIpc) is 2.58. The van der Waals surface area contributed by atoms with E-state index in [1.165, 1.54) is 0 Å². The molecule has 0 aromatic carbocycles. The Morgan fingerprint density at radius 1 is 1.60 bits per heavy atom. The highest BCUT2D eigenvalue weighted by Crippen LogP contribution is 2.23. The molecular formula is C11H15N3O. The summed E-state index contributed by atoms with van der Waals surface area (Å²) in [5, 5.41) is 0. The maximum Gasteiger partial charge on any atom is 0.224 e. The van der Waals surface area contributed by atoms with Crippen LogP contribution < -0.4 is 5.73 Å². The van der Waals surface area contributed by atoms with Crippen LogP contribution in [0.1, 0.15) is 25.1 Å². The van der Waals surface area contributed by atoms with Crippen molar-refractivity contribution < 1.29 is 4.79 Å². The van der Waals surface area contributed by atoms with E-state index < -0.39 is 0 Å². The standard InChI is InChI=1S/C11H15N3O/c1-8(10-4-2-3-5-13-10)14-7-9(12)6-11(14)15/h2-5,8-9H,6-7,12H2,1H3. The molecule has 4 heteroatoms. The Morgan fingerprint density at radius 3 is 2.93 bits per heavy atom. The van der Waals surface area contributed by atoms with Crippen molar-refractivity contribution >= 4 is 5.91 Å². The first-order valence-corrected chi connectivity index (χ1v) is 5.14. The molecule has 2 atom stereocenters. The Morgan fingerprint density at radius 2 is 2.40 bits per heavy atom. The first kappa shape index (κ1) is 10.1. The minimum absolute atomic E-state index is 0.0206. The minimum Gasteiger partial charge on any atom is -0.333 e. The highest BCUT2D eigenvalue weighted by molar-refractivity contribution is 5.79. The summed E-state index contributed by atoms with van der Waals surface area (Å²) >= 11 is 0. The van der Waals surface area contributed by atoms with E-state index in [4.69, 9.17) is 5.73 Å². The van der Waals surface area contributed by atoms with Crippen molar-refractivity contribution in [1.82, 2.24) is 9.88 Å². The van der Waals surface area contributed by atoms with E-state index in [1.54, 1.807) is 11.1 Å². The predicted octanol–water partition coefficient (Wildman–Crippen LogP) is 0.702. The third-order valence-corrected chi connectivity index (χ3v) is 2.77. The van der Waals surface area contributed by atoms with Crippen LogP contribution in [0.2, 0.25) is 0 Å². The van der Waals surface area contributed by atoms with Crippen LogP contribution in [0.25, 0.3) is 0 Å². The molecule has 2 rings (SSSR count). The monoisotopic (exact) mass is 205 g/mol. The first-order valence-electron chi connectivity index (χ1n) is 5.14. The maximum atomic E-state index is 11.6. The van der Waals surface area contributed by atoms with Gasteiger partial charge in [-0.3, -0.25) is 9.78 Å². The summed E-state index contributed by atoms with van der Waals surface area (Å²) in [5.41, 5.74) is 6.67. The van der Waals surface area contributed by atoms with Crippen LogP contribution in [0.4, 0.5) is 0 Å². The molecule has 0 aliphatic carbocycles. The molecule has 80 valence electrons. The van der Waals surface area contributed by atoms with Crippen LogP contribution in [0.3, 0.4) is 0 Å². The molecule has 1 amide bonds. The number of aromatic nitrogens is 1. The van der Waals surface area contributed by atoms with Gasteiger partial charge >= 0.3 is 0 Å². The van der Waals surface area contributed by atoms with Crippen molar-refractivity contribution in [2.24, 2.45) is 5.73 Å². The average molecular weight is 205 g/mol. The number of carbonyl (C=O) groups is 1. The Kier molecular flexibility index (Phi) is 2.68. The van der Waals surface area contributed by atoms with E-state index in [9.17, 15) is 4.79 Å². The molecule has 0 bridgehead atoms. The van der Waals surface area contributed by atoms with Gasteiger partial charge in [0.05, 0.1) is 11.7 Å². The zero-order valence-electron chi connectivity index (χ0n) is 8.76. The second-order valence-electron chi connectivity index (χ2n) is 3.94. The van der Waals surface area contributed by atoms with Crippen molar-refractivity contribution in [2.75, 3.05) is 6.54 Å². The number of hydrogen-bond acceptors (Lipinski definition) is 3. The largest absolute Gasteiger partial charge is 0.333 e. The zero-order valence-corrected chi connectivity index (χ0v) is 8.76. The van der Waals surface area contributed by atoms with Crippen LogP contribution >= 0.6 is 0 Å². The number of nitrogens with two attached hydrogens (primary N) is 1. The number of pyridine rings is 1. The summed E-state index contributed by atoms with van der Waals surface area (Å²) < 4.78 is 0. The Labute approximate surface area is 89.1 Å². The molecule has 1 saturated heterocycles. The van der Waals surface area contributed by atoms with Crippen molar-refractivity contribution in [3.63, 3.8) is 0 Å². The number of carbonyl (C=O) groups excluding carboxylic acids is 1. The summed E-state index contributed by atoms with van der Waals surface area (Å²) in [6, 6.07) is 5.73. The van der Waals surface area contributed by atoms with Crippen molar-refractivity contribution in [1.29, 1.82) is 0 Å². The fourth-order valence-corrected chi connectivity index (χ4v) is 1.92. The summed E-state index contributed by atoms with van der Waals surface area (Å²) in [4.78, 5) is 17.7. The molecule has 1 fully saturated rings. The topological polar surface area (TPSA) is 59.2 Å². The second-order valence-corrected chi connectivity index (χ2v) is 3.94. The Bertz CT molecular complexity index is 352. The van der Waals surface area contributed by atoms with Crippen LogP contribution in [-0.4, -0.2) is 28.4 Å². The molecule has 0 radical (unpaired) electrons. The van der Waals surface area contributed by atoms with Gasteiger partial charge in [0.2, 0.25) is 5.91 Å². The SMILES string of the molecule is CC(c1ccccn1)N1CC(N)CC1=O. The van der Waals surface area contributed by atoms with Crippen molar-refractivity contribution in [3.8, 4) is 0 Å². The summed E-state index contributed by atoms with van der Waals surface area (Å²) in [5.74, 6) is 0.126. The molecular weight excluding hydrogens is 190 g/mol. The lowest BCUT2D eigenvalue weighted by molar-refractivity contribution is -0.129. The normalized spacial score (nSPS) is 23.2. The number of likely N-dealkylation sites (tertiary alicyclic amines) is 1. The zero-order chi connectivity index (χ0) is 10.8. The summed E-state index contributed by atoms with van der Waals surface area (Å²) in [6.07, 6.45) is 2.20. The fourth-order valence-electron chi connectivity index (χ4n) is 1.92. The van der Waals surface area contributed by atoms with E-state index in [-0.39, 0.29) is 18.0 Å². The van der Waals surface area contributed by atoms with Gasteiger partial charge in [-0.15, -0.1) is 0 Å². The fraction of sp³-hybridized carbons (Fsp3) is 0.455. The van der Waals surface area contributed by atoms with Gasteiger partial charge in [-0.25, -0.2) is 0 Å². The highest BCUT2D eigenvalue weighted by Gasteiger charge is 2.31. The quantitative estimate of drug-likeness (QED) is 0.773. The summed E-state index contributed by atoms with van der Waals surface area (Å²) in [6.45, 7) is 2.62. The van der Waals surface area contributed by atoms with Crippen molar-refractivity contribution in [3.05, 3.63) is 30.1 Å². The van der Waals surface area contributed by atoms with E-state index in [0.29, 0.717) is 13.0 Å². The lowest BCUT2D eigenvalue weighted by Crippen LogP contribution is -2.31. The molecule has 4 nitrogen and oxygen atoms in total. The number of rotatable bonds is 2. The predicted molar refractivity (Wildman–Crippen MR) is 57.0 cm³/mol. The number of nitrogens with zero attached hydrogens (tertiary/aromatic N) is 2. The van der Waals surface area contributed by atoms with Crippen LogP contribution in [-0.2, 0) is 4.79 Å². The van der Waals surface area contributed by atoms with Crippen LogP contribution in [0.5, 0.6) is 0 Å². The summed E-state index contributed by atoms with van der Waals surface area (Å²) in [7, 11) is 0. The van der Waals surface area contributed by atoms with E-state index in [1.807, 2.05) is 25.1 Å². The second kappa shape index (κ2) is 3.98. The smallest absolute Gasteiger partial charge is 0.224 e. The van der Waals surface area contributed by atoms with Gasteiger partial charge in [-0.2, -0.15) is 0 Å². The molecule has 2 N–H and O–H groups in total. The number of amides is 1. The molecule has 1 aromatic heterocycles. The number of hydrogen-bond donors (Lipinski definition) is 1. The van der Waals surface area contributed by atoms with Gasteiger partial charge in [0.1, 0.15) is 0 Å². The van der Waals surface area contributed by atoms with E-state index in [2.05, 4.69) is 4.98 Å². The lowest BCUT2D eigenvalue weighted by atomic mass is 10.2. The van der Waals surface area contributed by atoms with Gasteiger partial charge in [-0.05, 0) is 19.1 Å². The minimum atomic E-state index is -0.0244. The van der Waals surface area contributed by atoms with Gasteiger partial charge in [0.25, 0.3) is 0 Å². The van der Waals surface area contributed by atoms with Gasteiger partial charge < -0.3 is 10.6 Å². The Hall–Kier alpha value is -1.42. The molecule has 1 aromatic rings. The molecule has 0 spiro atoms. The molecule has 2 unspecified atom stereocenters. The van der Waals surface area contributed by atoms with Crippen molar-refractivity contribution in [2.45, 2.75) is 25.4 Å². The molecule has 1 aliphatic heterocycles. The van der Waals surface area contributed by atoms with Crippen LogP contribution in [0, 0.1) is 0 Å². The van der Waals surface area contributed by atoms with Gasteiger partial charge in [0.15, 0.2) is 0 Å². The lowest BCUT2D eigenvalue weighted by Gasteiger charge is -2.23. The first-order chi connectivity index (χ1) is 7.18. The maximum absolute atomic E-state index is 11.6.